The highest BCUT2D eigenvalue weighted by Crippen LogP contribution is 2.30. The lowest BCUT2D eigenvalue weighted by Gasteiger charge is -2.03. The molecule has 1 N–H and O–H groups in total. The number of aryl methyl sites for hydroxylation is 1. The number of hydrogen-bond donors (Lipinski definition) is 1. The van der Waals surface area contributed by atoms with Gasteiger partial charge < -0.3 is 9.52 Å². The van der Waals surface area contributed by atoms with Gasteiger partial charge in [-0.1, -0.05) is 11.6 Å². The van der Waals surface area contributed by atoms with Crippen molar-refractivity contribution in [1.82, 2.24) is 0 Å². The number of phenolic OH excluding ortho intramolecular Hbond substituents is 1. The number of aromatic hydroxyl groups is 1. The Labute approximate surface area is 88.7 Å². The van der Waals surface area contributed by atoms with E-state index < -0.39 is 11.4 Å². The number of halogens is 2. The Morgan fingerprint density at radius 2 is 2.13 bits per heavy atom. The van der Waals surface area contributed by atoms with E-state index in [2.05, 4.69) is 4.42 Å². The second-order valence-electron chi connectivity index (χ2n) is 3.13. The number of benzene rings is 1. The van der Waals surface area contributed by atoms with E-state index in [4.69, 9.17) is 11.6 Å². The van der Waals surface area contributed by atoms with Gasteiger partial charge in [-0.15, -0.1) is 0 Å². The summed E-state index contributed by atoms with van der Waals surface area (Å²) >= 11 is 5.66. The highest BCUT2D eigenvalue weighted by atomic mass is 35.5. The first-order valence-electron chi connectivity index (χ1n) is 4.12. The van der Waals surface area contributed by atoms with Crippen molar-refractivity contribution in [2.45, 2.75) is 6.92 Å². The average molecular weight is 229 g/mol. The van der Waals surface area contributed by atoms with Crippen molar-refractivity contribution in [1.29, 1.82) is 0 Å². The van der Waals surface area contributed by atoms with Gasteiger partial charge in [-0.05, 0) is 13.0 Å². The molecule has 0 radical (unpaired) electrons. The van der Waals surface area contributed by atoms with Crippen LogP contribution in [-0.4, -0.2) is 5.11 Å². The molecule has 15 heavy (non-hydrogen) atoms. The molecule has 0 atom stereocenters. The molecule has 0 saturated heterocycles. The predicted molar refractivity (Wildman–Crippen MR) is 53.9 cm³/mol. The molecule has 1 aromatic heterocycles. The largest absolute Gasteiger partial charge is 0.506 e. The maximum Gasteiger partial charge on any atom is 0.372 e. The summed E-state index contributed by atoms with van der Waals surface area (Å²) in [6.07, 6.45) is 0. The zero-order chi connectivity index (χ0) is 11.2. The lowest BCUT2D eigenvalue weighted by molar-refractivity contribution is 0.465. The maximum atomic E-state index is 13.2. The monoisotopic (exact) mass is 228 g/mol. The van der Waals surface area contributed by atoms with Crippen molar-refractivity contribution in [3.63, 3.8) is 0 Å². The van der Waals surface area contributed by atoms with Gasteiger partial charge in [0.05, 0.1) is 5.02 Å². The van der Waals surface area contributed by atoms with Crippen LogP contribution in [0, 0.1) is 12.7 Å². The molecule has 0 aliphatic carbocycles. The summed E-state index contributed by atoms with van der Waals surface area (Å²) in [6.45, 7) is 1.45. The summed E-state index contributed by atoms with van der Waals surface area (Å²) in [5, 5.41) is 9.73. The average Bonchev–Trinajstić information content (AvgIpc) is 2.19. The van der Waals surface area contributed by atoms with Gasteiger partial charge in [0.2, 0.25) is 5.82 Å². The Hall–Kier alpha value is -1.55. The number of phenols is 1. The van der Waals surface area contributed by atoms with Gasteiger partial charge in [-0.2, -0.15) is 4.39 Å². The van der Waals surface area contributed by atoms with Gasteiger partial charge >= 0.3 is 5.63 Å². The Balaban J connectivity index is 3.00. The fraction of sp³-hybridized carbons (Fsp3) is 0.100. The van der Waals surface area contributed by atoms with E-state index in [1.807, 2.05) is 0 Å². The van der Waals surface area contributed by atoms with Crippen LogP contribution < -0.4 is 5.63 Å². The molecule has 0 amide bonds. The molecule has 0 unspecified atom stereocenters. The van der Waals surface area contributed by atoms with E-state index in [1.54, 1.807) is 0 Å². The zero-order valence-electron chi connectivity index (χ0n) is 7.67. The van der Waals surface area contributed by atoms with Crippen LogP contribution in [0.5, 0.6) is 5.75 Å². The molecular weight excluding hydrogens is 223 g/mol. The van der Waals surface area contributed by atoms with Crippen LogP contribution in [0.1, 0.15) is 5.56 Å². The molecule has 0 saturated carbocycles. The standard InChI is InChI=1S/C10H6ClFO3/c1-4-5-2-6(11)7(13)3-8(5)15-10(14)9(4)12/h2-3,13H,1H3. The van der Waals surface area contributed by atoms with Crippen LogP contribution in [0.3, 0.4) is 0 Å². The number of rotatable bonds is 0. The predicted octanol–water partition coefficient (Wildman–Crippen LogP) is 2.60. The smallest absolute Gasteiger partial charge is 0.372 e. The van der Waals surface area contributed by atoms with E-state index in [-0.39, 0.29) is 21.9 Å². The fourth-order valence-corrected chi connectivity index (χ4v) is 1.50. The molecule has 0 spiro atoms. The van der Waals surface area contributed by atoms with Gasteiger partial charge in [0.25, 0.3) is 0 Å². The molecule has 0 aliphatic rings. The van der Waals surface area contributed by atoms with E-state index in [0.717, 1.165) is 0 Å². The van der Waals surface area contributed by atoms with E-state index in [1.165, 1.54) is 19.1 Å². The molecule has 78 valence electrons. The Morgan fingerprint density at radius 1 is 1.47 bits per heavy atom. The van der Waals surface area contributed by atoms with Crippen molar-refractivity contribution >= 4 is 22.6 Å². The van der Waals surface area contributed by atoms with E-state index in [0.29, 0.717) is 5.39 Å². The molecule has 2 aromatic rings. The van der Waals surface area contributed by atoms with E-state index in [9.17, 15) is 14.3 Å². The van der Waals surface area contributed by atoms with Crippen molar-refractivity contribution in [3.8, 4) is 5.75 Å². The molecule has 5 heteroatoms. The van der Waals surface area contributed by atoms with Crippen molar-refractivity contribution in [2.24, 2.45) is 0 Å². The quantitative estimate of drug-likeness (QED) is 0.705. The molecule has 1 aromatic carbocycles. The van der Waals surface area contributed by atoms with Crippen LogP contribution in [0.25, 0.3) is 11.0 Å². The summed E-state index contributed by atoms with van der Waals surface area (Å²) in [7, 11) is 0. The second kappa shape index (κ2) is 3.24. The summed E-state index contributed by atoms with van der Waals surface area (Å²) < 4.78 is 17.8. The zero-order valence-corrected chi connectivity index (χ0v) is 8.43. The van der Waals surface area contributed by atoms with Gasteiger partial charge in [-0.3, -0.25) is 0 Å². The molecule has 0 fully saturated rings. The van der Waals surface area contributed by atoms with Crippen LogP contribution in [0.4, 0.5) is 4.39 Å². The summed E-state index contributed by atoms with van der Waals surface area (Å²) in [5.41, 5.74) is -0.786. The van der Waals surface area contributed by atoms with Gasteiger partial charge in [0.15, 0.2) is 0 Å². The third kappa shape index (κ3) is 1.47. The normalized spacial score (nSPS) is 10.9. The first-order valence-corrected chi connectivity index (χ1v) is 4.50. The highest BCUT2D eigenvalue weighted by molar-refractivity contribution is 6.32. The van der Waals surface area contributed by atoms with Crippen LogP contribution in [-0.2, 0) is 0 Å². The minimum atomic E-state index is -1.05. The molecular formula is C10H6ClFO3. The Morgan fingerprint density at radius 3 is 2.80 bits per heavy atom. The third-order valence-corrected chi connectivity index (χ3v) is 2.47. The van der Waals surface area contributed by atoms with Gasteiger partial charge in [0, 0.05) is 17.0 Å². The first kappa shape index (κ1) is 9.98. The summed E-state index contributed by atoms with van der Waals surface area (Å²) in [5.74, 6) is -1.15. The molecule has 2 rings (SSSR count). The lowest BCUT2D eigenvalue weighted by Crippen LogP contribution is -2.06. The summed E-state index contributed by atoms with van der Waals surface area (Å²) in [4.78, 5) is 11.0. The molecule has 0 bridgehead atoms. The topological polar surface area (TPSA) is 50.4 Å². The van der Waals surface area contributed by atoms with Crippen molar-refractivity contribution < 1.29 is 13.9 Å². The Bertz CT molecular complexity index is 604. The lowest BCUT2D eigenvalue weighted by atomic mass is 10.1. The minimum Gasteiger partial charge on any atom is -0.506 e. The van der Waals surface area contributed by atoms with E-state index >= 15 is 0 Å². The minimum absolute atomic E-state index is 0.0823. The van der Waals surface area contributed by atoms with Gasteiger partial charge in [0.1, 0.15) is 11.3 Å². The molecule has 0 aliphatic heterocycles. The fourth-order valence-electron chi connectivity index (χ4n) is 1.34. The molecule has 3 nitrogen and oxygen atoms in total. The summed E-state index contributed by atoms with van der Waals surface area (Å²) in [6, 6.07) is 2.54. The number of hydrogen-bond acceptors (Lipinski definition) is 3. The second-order valence-corrected chi connectivity index (χ2v) is 3.54. The third-order valence-electron chi connectivity index (χ3n) is 2.16. The van der Waals surface area contributed by atoms with Crippen LogP contribution in [0.15, 0.2) is 21.3 Å². The van der Waals surface area contributed by atoms with Crippen molar-refractivity contribution in [2.75, 3.05) is 0 Å². The number of fused-ring (bicyclic) bond motifs is 1. The SMILES string of the molecule is Cc1c(F)c(=O)oc2cc(O)c(Cl)cc12. The van der Waals surface area contributed by atoms with Crippen LogP contribution >= 0.6 is 11.6 Å². The van der Waals surface area contributed by atoms with Gasteiger partial charge in [-0.25, -0.2) is 4.79 Å². The highest BCUT2D eigenvalue weighted by Gasteiger charge is 2.12. The van der Waals surface area contributed by atoms with Crippen LogP contribution in [0.2, 0.25) is 5.02 Å². The van der Waals surface area contributed by atoms with Crippen molar-refractivity contribution in [3.05, 3.63) is 39.0 Å². The molecule has 1 heterocycles. The Kier molecular flexibility index (Phi) is 2.16. The maximum absolute atomic E-state index is 13.2. The first-order chi connectivity index (χ1) is 7.00.